The molecule has 0 spiro atoms. The van der Waals surface area contributed by atoms with Gasteiger partial charge in [-0.25, -0.2) is 0 Å². The summed E-state index contributed by atoms with van der Waals surface area (Å²) in [5.74, 6) is 0. The Balaban J connectivity index is 3.59. The van der Waals surface area contributed by atoms with E-state index in [1.807, 2.05) is 0 Å². The van der Waals surface area contributed by atoms with Crippen LogP contribution in [0.1, 0.15) is 6.42 Å². The zero-order valence-electron chi connectivity index (χ0n) is 4.99. The van der Waals surface area contributed by atoms with E-state index in [9.17, 15) is 0 Å². The van der Waals surface area contributed by atoms with Crippen LogP contribution in [0.5, 0.6) is 0 Å². The van der Waals surface area contributed by atoms with Crippen LogP contribution in [0.3, 0.4) is 0 Å². The van der Waals surface area contributed by atoms with Crippen molar-refractivity contribution in [1.82, 2.24) is 0 Å². The first-order chi connectivity index (χ1) is 3.98. The lowest BCUT2D eigenvalue weighted by Gasteiger charge is -2.16. The molecule has 0 aliphatic rings. The summed E-state index contributed by atoms with van der Waals surface area (Å²) in [5, 5.41) is 0. The second kappa shape index (κ2) is 3.25. The van der Waals surface area contributed by atoms with E-state index in [1.54, 1.807) is 0 Å². The smallest absolute Gasteiger partial charge is 0.389 e. The van der Waals surface area contributed by atoms with Gasteiger partial charge < -0.3 is 25.9 Å². The molecule has 0 saturated heterocycles. The van der Waals surface area contributed by atoms with Crippen LogP contribution in [-0.4, -0.2) is 35.4 Å². The zero-order valence-corrected chi connectivity index (χ0v) is 5.99. The topological polar surface area (TPSA) is 113 Å². The van der Waals surface area contributed by atoms with Crippen LogP contribution in [0.4, 0.5) is 0 Å². The maximum Gasteiger partial charge on any atom is 0.510 e. The Kier molecular flexibility index (Phi) is 3.26. The van der Waals surface area contributed by atoms with E-state index in [4.69, 9.17) is 25.9 Å². The van der Waals surface area contributed by atoms with E-state index >= 15 is 0 Å². The number of rotatable bonds is 3. The van der Waals surface area contributed by atoms with Gasteiger partial charge in [0.2, 0.25) is 0 Å². The molecule has 0 saturated carbocycles. The predicted octanol–water partition coefficient (Wildman–Crippen LogP) is -2.88. The Morgan fingerprint density at radius 3 is 1.89 bits per heavy atom. The fourth-order valence-corrected chi connectivity index (χ4v) is 0.927. The molecule has 0 heterocycles. The molecule has 6 heteroatoms. The van der Waals surface area contributed by atoms with Crippen molar-refractivity contribution in [3.8, 4) is 0 Å². The molecule has 0 aliphatic carbocycles. The fourth-order valence-electron chi connectivity index (χ4n) is 0.373. The molecule has 0 rings (SSSR count). The van der Waals surface area contributed by atoms with Crippen molar-refractivity contribution in [2.24, 2.45) is 11.5 Å². The normalized spacial score (nSPS) is 15.7. The van der Waals surface area contributed by atoms with Crippen LogP contribution in [0.15, 0.2) is 0 Å². The summed E-state index contributed by atoms with van der Waals surface area (Å²) in [6, 6.07) is 0. The lowest BCUT2D eigenvalue weighted by atomic mass is 10.4. The second-order valence-corrected chi connectivity index (χ2v) is 3.99. The van der Waals surface area contributed by atoms with E-state index in [2.05, 4.69) is 0 Å². The molecule has 0 amide bonds. The maximum absolute atomic E-state index is 8.49. The summed E-state index contributed by atoms with van der Waals surface area (Å²) in [7, 11) is -4.08. The monoisotopic (exact) mass is 152 g/mol. The third-order valence-corrected chi connectivity index (χ3v) is 2.26. The van der Waals surface area contributed by atoms with Crippen LogP contribution < -0.4 is 11.5 Å². The van der Waals surface area contributed by atoms with Crippen molar-refractivity contribution >= 4 is 8.80 Å². The van der Waals surface area contributed by atoms with Gasteiger partial charge in [0, 0.05) is 0 Å². The minimum atomic E-state index is -4.08. The molecule has 1 atom stereocenters. The highest BCUT2D eigenvalue weighted by atomic mass is 28.4. The van der Waals surface area contributed by atoms with Crippen LogP contribution in [0.25, 0.3) is 0 Å². The first-order valence-electron chi connectivity index (χ1n) is 2.61. The molecule has 0 aliphatic heterocycles. The summed E-state index contributed by atoms with van der Waals surface area (Å²) in [5.41, 5.74) is 9.17. The van der Waals surface area contributed by atoms with Gasteiger partial charge in [0.15, 0.2) is 0 Å². The number of hydrogen-bond donors (Lipinski definition) is 5. The fraction of sp³-hybridized carbons (Fsp3) is 1.00. The van der Waals surface area contributed by atoms with Crippen LogP contribution in [0.2, 0.25) is 0 Å². The van der Waals surface area contributed by atoms with E-state index in [0.717, 1.165) is 0 Å². The highest BCUT2D eigenvalue weighted by Gasteiger charge is 2.35. The van der Waals surface area contributed by atoms with Gasteiger partial charge >= 0.3 is 8.80 Å². The molecule has 0 radical (unpaired) electrons. The summed E-state index contributed by atoms with van der Waals surface area (Å²) in [4.78, 5) is 25.5. The molecule has 56 valence electrons. The van der Waals surface area contributed by atoms with E-state index in [-0.39, 0.29) is 13.0 Å². The molecule has 0 bridgehead atoms. The molecule has 0 aromatic carbocycles. The Morgan fingerprint density at radius 2 is 1.78 bits per heavy atom. The molecule has 0 aromatic rings. The Morgan fingerprint density at radius 1 is 1.33 bits per heavy atom. The molecule has 5 nitrogen and oxygen atoms in total. The third-order valence-electron chi connectivity index (χ3n) is 0.975. The molecule has 1 unspecified atom stereocenters. The van der Waals surface area contributed by atoms with Crippen molar-refractivity contribution in [1.29, 1.82) is 0 Å². The van der Waals surface area contributed by atoms with Gasteiger partial charge in [-0.3, -0.25) is 0 Å². The molecule has 0 fully saturated rings. The van der Waals surface area contributed by atoms with E-state index < -0.39 is 14.5 Å². The van der Waals surface area contributed by atoms with Crippen molar-refractivity contribution in [2.45, 2.75) is 12.1 Å². The lowest BCUT2D eigenvalue weighted by molar-refractivity contribution is 0.210. The Bertz CT molecular complexity index is 83.6. The molecular formula is C3H12N2O3Si. The molecular weight excluding hydrogens is 140 g/mol. The average molecular weight is 152 g/mol. The van der Waals surface area contributed by atoms with Gasteiger partial charge in [-0.1, -0.05) is 0 Å². The van der Waals surface area contributed by atoms with Crippen molar-refractivity contribution in [3.05, 3.63) is 0 Å². The van der Waals surface area contributed by atoms with Gasteiger partial charge in [0.25, 0.3) is 0 Å². The summed E-state index contributed by atoms with van der Waals surface area (Å²) in [6.07, 6.45) is 0.232. The van der Waals surface area contributed by atoms with Crippen molar-refractivity contribution in [2.75, 3.05) is 6.54 Å². The van der Waals surface area contributed by atoms with Gasteiger partial charge in [-0.2, -0.15) is 0 Å². The largest absolute Gasteiger partial charge is 0.510 e. The maximum atomic E-state index is 8.49. The molecule has 7 N–H and O–H groups in total. The van der Waals surface area contributed by atoms with Gasteiger partial charge in [0.05, 0.1) is 5.67 Å². The third kappa shape index (κ3) is 3.57. The standard InChI is InChI=1S/C3H12N2O3Si/c4-2-1-3(5)9(6,7)8/h3,6-8H,1-2,4-5H2. The molecule has 9 heavy (non-hydrogen) atoms. The first-order valence-corrected chi connectivity index (χ1v) is 4.53. The van der Waals surface area contributed by atoms with Crippen molar-refractivity contribution in [3.63, 3.8) is 0 Å². The second-order valence-electron chi connectivity index (χ2n) is 1.87. The Labute approximate surface area is 54.3 Å². The van der Waals surface area contributed by atoms with E-state index in [0.29, 0.717) is 0 Å². The zero-order chi connectivity index (χ0) is 7.49. The minimum absolute atomic E-state index is 0.232. The lowest BCUT2D eigenvalue weighted by Crippen LogP contribution is -2.54. The average Bonchev–Trinajstić information content (AvgIpc) is 1.64. The van der Waals surface area contributed by atoms with Gasteiger partial charge in [-0.15, -0.1) is 0 Å². The van der Waals surface area contributed by atoms with Crippen LogP contribution >= 0.6 is 0 Å². The predicted molar refractivity (Wildman–Crippen MR) is 34.1 cm³/mol. The summed E-state index contributed by atoms with van der Waals surface area (Å²) in [6.45, 7) is 0.248. The summed E-state index contributed by atoms with van der Waals surface area (Å²) < 4.78 is 0. The first kappa shape index (κ1) is 9.02. The summed E-state index contributed by atoms with van der Waals surface area (Å²) >= 11 is 0. The molecule has 0 aromatic heterocycles. The minimum Gasteiger partial charge on any atom is -0.389 e. The van der Waals surface area contributed by atoms with Crippen LogP contribution in [-0.2, 0) is 0 Å². The Hall–Kier alpha value is 0.0169. The number of hydrogen-bond acceptors (Lipinski definition) is 5. The SMILES string of the molecule is NCCC(N)[Si](O)(O)O. The quantitative estimate of drug-likeness (QED) is 0.279. The van der Waals surface area contributed by atoms with Crippen LogP contribution in [0, 0.1) is 0 Å². The number of nitrogens with two attached hydrogens (primary N) is 2. The highest BCUT2D eigenvalue weighted by Crippen LogP contribution is 1.95. The van der Waals surface area contributed by atoms with E-state index in [1.165, 1.54) is 0 Å². The van der Waals surface area contributed by atoms with Gasteiger partial charge in [0.1, 0.15) is 0 Å². The van der Waals surface area contributed by atoms with Gasteiger partial charge in [-0.05, 0) is 13.0 Å². The van der Waals surface area contributed by atoms with Crippen molar-refractivity contribution < 1.29 is 14.4 Å². The highest BCUT2D eigenvalue weighted by molar-refractivity contribution is 6.58.